The van der Waals surface area contributed by atoms with E-state index < -0.39 is 0 Å². The molecule has 0 aliphatic rings. The average molecular weight is 245 g/mol. The van der Waals surface area contributed by atoms with Crippen LogP contribution >= 0.6 is 12.4 Å². The van der Waals surface area contributed by atoms with Gasteiger partial charge >= 0.3 is 5.97 Å². The van der Waals surface area contributed by atoms with Crippen molar-refractivity contribution in [2.45, 2.75) is 26.3 Å². The fraction of sp³-hybridized carbons (Fsp3) is 0.455. The van der Waals surface area contributed by atoms with Gasteiger partial charge in [-0.2, -0.15) is 0 Å². The fourth-order valence-electron chi connectivity index (χ4n) is 1.27. The van der Waals surface area contributed by atoms with Gasteiger partial charge in [0.2, 0.25) is 0 Å². The van der Waals surface area contributed by atoms with Gasteiger partial charge < -0.3 is 10.5 Å². The van der Waals surface area contributed by atoms with Gasteiger partial charge in [-0.15, -0.1) is 12.4 Å². The Balaban J connectivity index is 0.00000225. The number of nitrogens with zero attached hydrogens (tertiary/aromatic N) is 1. The summed E-state index contributed by atoms with van der Waals surface area (Å²) < 4.78 is 4.82. The Morgan fingerprint density at radius 1 is 1.56 bits per heavy atom. The van der Waals surface area contributed by atoms with Crippen LogP contribution in [-0.4, -0.2) is 17.6 Å². The molecule has 1 rings (SSSR count). The van der Waals surface area contributed by atoms with Crippen molar-refractivity contribution in [1.82, 2.24) is 4.98 Å². The van der Waals surface area contributed by atoms with Gasteiger partial charge in [-0.05, 0) is 26.0 Å². The minimum atomic E-state index is -0.385. The Hall–Kier alpha value is -1.13. The smallest absolute Gasteiger partial charge is 0.307 e. The standard InChI is InChI=1S/C11H16N2O2.ClH/c1-3-15-11(14)7-9(12)10-6-4-5-8(2)13-10;/h4-6,9H,3,7,12H2,1-2H3;1H/t9-;/m0./s1. The van der Waals surface area contributed by atoms with Crippen LogP contribution < -0.4 is 5.73 Å². The van der Waals surface area contributed by atoms with Crippen molar-refractivity contribution in [3.63, 3.8) is 0 Å². The first-order chi connectivity index (χ1) is 7.13. The van der Waals surface area contributed by atoms with E-state index in [-0.39, 0.29) is 30.8 Å². The molecule has 5 heteroatoms. The summed E-state index contributed by atoms with van der Waals surface area (Å²) in [5, 5.41) is 0. The Labute approximate surface area is 102 Å². The van der Waals surface area contributed by atoms with Crippen molar-refractivity contribution in [3.8, 4) is 0 Å². The second-order valence-electron chi connectivity index (χ2n) is 3.32. The third kappa shape index (κ3) is 4.59. The van der Waals surface area contributed by atoms with E-state index in [1.165, 1.54) is 0 Å². The van der Waals surface area contributed by atoms with E-state index in [4.69, 9.17) is 10.5 Å². The number of hydrogen-bond donors (Lipinski definition) is 1. The molecule has 0 aliphatic carbocycles. The molecule has 0 aromatic carbocycles. The van der Waals surface area contributed by atoms with E-state index in [1.807, 2.05) is 25.1 Å². The third-order valence-electron chi connectivity index (χ3n) is 1.98. The number of halogens is 1. The number of ether oxygens (including phenoxy) is 1. The van der Waals surface area contributed by atoms with E-state index in [2.05, 4.69) is 4.98 Å². The summed E-state index contributed by atoms with van der Waals surface area (Å²) in [4.78, 5) is 15.4. The third-order valence-corrected chi connectivity index (χ3v) is 1.98. The van der Waals surface area contributed by atoms with E-state index in [0.29, 0.717) is 6.61 Å². The number of rotatable bonds is 4. The van der Waals surface area contributed by atoms with Gasteiger partial charge in [0.1, 0.15) is 0 Å². The monoisotopic (exact) mass is 244 g/mol. The number of carbonyl (C=O) groups excluding carboxylic acids is 1. The van der Waals surface area contributed by atoms with Crippen LogP contribution in [0.4, 0.5) is 0 Å². The lowest BCUT2D eigenvalue weighted by molar-refractivity contribution is -0.143. The number of nitrogens with two attached hydrogens (primary N) is 1. The fourth-order valence-corrected chi connectivity index (χ4v) is 1.27. The predicted molar refractivity (Wildman–Crippen MR) is 64.4 cm³/mol. The second kappa shape index (κ2) is 7.19. The van der Waals surface area contributed by atoms with Crippen molar-refractivity contribution >= 4 is 18.4 Å². The molecule has 0 saturated heterocycles. The lowest BCUT2D eigenvalue weighted by Crippen LogP contribution is -2.18. The summed E-state index contributed by atoms with van der Waals surface area (Å²) in [5.41, 5.74) is 7.45. The zero-order chi connectivity index (χ0) is 11.3. The zero-order valence-electron chi connectivity index (χ0n) is 9.47. The van der Waals surface area contributed by atoms with Crippen molar-refractivity contribution in [1.29, 1.82) is 0 Å². The Kier molecular flexibility index (Phi) is 6.69. The zero-order valence-corrected chi connectivity index (χ0v) is 10.3. The highest BCUT2D eigenvalue weighted by atomic mass is 35.5. The van der Waals surface area contributed by atoms with Crippen molar-refractivity contribution in [2.75, 3.05) is 6.61 Å². The lowest BCUT2D eigenvalue weighted by atomic mass is 10.1. The van der Waals surface area contributed by atoms with Gasteiger partial charge in [0.15, 0.2) is 0 Å². The largest absolute Gasteiger partial charge is 0.466 e. The van der Waals surface area contributed by atoms with Crippen LogP contribution in [0, 0.1) is 6.92 Å². The molecule has 0 fully saturated rings. The Bertz CT molecular complexity index is 345. The normalized spacial score (nSPS) is 11.4. The van der Waals surface area contributed by atoms with E-state index in [0.717, 1.165) is 11.4 Å². The number of aromatic nitrogens is 1. The number of aryl methyl sites for hydroxylation is 1. The number of esters is 1. The molecule has 0 saturated carbocycles. The number of hydrogen-bond acceptors (Lipinski definition) is 4. The number of pyridine rings is 1. The van der Waals surface area contributed by atoms with Crippen LogP contribution in [0.2, 0.25) is 0 Å². The van der Waals surface area contributed by atoms with Gasteiger partial charge in [0, 0.05) is 5.69 Å². The molecule has 2 N–H and O–H groups in total. The molecule has 1 heterocycles. The summed E-state index contributed by atoms with van der Waals surface area (Å²) in [7, 11) is 0. The minimum absolute atomic E-state index is 0. The molecule has 0 amide bonds. The van der Waals surface area contributed by atoms with E-state index >= 15 is 0 Å². The van der Waals surface area contributed by atoms with E-state index in [1.54, 1.807) is 6.92 Å². The SMILES string of the molecule is CCOC(=O)C[C@H](N)c1cccc(C)n1.Cl. The Morgan fingerprint density at radius 2 is 2.25 bits per heavy atom. The first-order valence-electron chi connectivity index (χ1n) is 4.98. The van der Waals surface area contributed by atoms with Crippen molar-refractivity contribution in [2.24, 2.45) is 5.73 Å². The topological polar surface area (TPSA) is 65.2 Å². The van der Waals surface area contributed by atoms with Crippen LogP contribution in [0.25, 0.3) is 0 Å². The van der Waals surface area contributed by atoms with Crippen LogP contribution in [0.1, 0.15) is 30.8 Å². The first kappa shape index (κ1) is 14.9. The lowest BCUT2D eigenvalue weighted by Gasteiger charge is -2.10. The van der Waals surface area contributed by atoms with Crippen LogP contribution in [0.3, 0.4) is 0 Å². The van der Waals surface area contributed by atoms with Crippen molar-refractivity contribution in [3.05, 3.63) is 29.6 Å². The highest BCUT2D eigenvalue weighted by Crippen LogP contribution is 2.12. The summed E-state index contributed by atoms with van der Waals surface area (Å²) in [6.07, 6.45) is 0.171. The maximum atomic E-state index is 11.2. The summed E-state index contributed by atoms with van der Waals surface area (Å²) in [5.74, 6) is -0.284. The summed E-state index contributed by atoms with van der Waals surface area (Å²) in [6, 6.07) is 5.20. The Morgan fingerprint density at radius 3 is 2.81 bits per heavy atom. The highest BCUT2D eigenvalue weighted by molar-refractivity contribution is 5.85. The molecule has 1 aromatic rings. The molecule has 0 aliphatic heterocycles. The van der Waals surface area contributed by atoms with Gasteiger partial charge in [-0.1, -0.05) is 6.07 Å². The summed E-state index contributed by atoms with van der Waals surface area (Å²) >= 11 is 0. The van der Waals surface area contributed by atoms with E-state index in [9.17, 15) is 4.79 Å². The predicted octanol–water partition coefficient (Wildman–Crippen LogP) is 1.76. The molecule has 0 spiro atoms. The second-order valence-corrected chi connectivity index (χ2v) is 3.32. The maximum absolute atomic E-state index is 11.2. The molecular weight excluding hydrogens is 228 g/mol. The first-order valence-corrected chi connectivity index (χ1v) is 4.98. The van der Waals surface area contributed by atoms with Gasteiger partial charge in [-0.25, -0.2) is 0 Å². The van der Waals surface area contributed by atoms with Gasteiger partial charge in [0.25, 0.3) is 0 Å². The molecule has 0 unspecified atom stereocenters. The molecule has 90 valence electrons. The molecule has 1 atom stereocenters. The highest BCUT2D eigenvalue weighted by Gasteiger charge is 2.13. The molecule has 4 nitrogen and oxygen atoms in total. The van der Waals surface area contributed by atoms with Gasteiger partial charge in [-0.3, -0.25) is 9.78 Å². The van der Waals surface area contributed by atoms with Gasteiger partial charge in [0.05, 0.1) is 24.8 Å². The minimum Gasteiger partial charge on any atom is -0.466 e. The number of carbonyl (C=O) groups is 1. The van der Waals surface area contributed by atoms with Crippen molar-refractivity contribution < 1.29 is 9.53 Å². The van der Waals surface area contributed by atoms with Crippen LogP contribution in [-0.2, 0) is 9.53 Å². The summed E-state index contributed by atoms with van der Waals surface area (Å²) in [6.45, 7) is 4.04. The molecule has 0 radical (unpaired) electrons. The van der Waals surface area contributed by atoms with Crippen LogP contribution in [0.15, 0.2) is 18.2 Å². The molecule has 16 heavy (non-hydrogen) atoms. The average Bonchev–Trinajstić information content (AvgIpc) is 2.18. The maximum Gasteiger partial charge on any atom is 0.307 e. The molecule has 1 aromatic heterocycles. The molecule has 0 bridgehead atoms. The molecular formula is C11H17ClN2O2. The van der Waals surface area contributed by atoms with Crippen LogP contribution in [0.5, 0.6) is 0 Å². The quantitative estimate of drug-likeness (QED) is 0.820.